The molecule has 1 aliphatic rings. The van der Waals surface area contributed by atoms with Gasteiger partial charge in [0.15, 0.2) is 0 Å². The highest BCUT2D eigenvalue weighted by Gasteiger charge is 2.08. The Morgan fingerprint density at radius 1 is 1.82 bits per heavy atom. The van der Waals surface area contributed by atoms with Gasteiger partial charge in [0.1, 0.15) is 5.82 Å². The number of carbonyl (C=O) groups excluding carboxylic acids is 1. The Hall–Kier alpha value is -1.29. The molecule has 0 bridgehead atoms. The lowest BCUT2D eigenvalue weighted by molar-refractivity contribution is -0.127. The molecule has 0 aromatic carbocycles. The third-order valence-electron chi connectivity index (χ3n) is 1.39. The molecular weight excluding hydrogens is 142 g/mol. The Kier molecular flexibility index (Phi) is 2.28. The van der Waals surface area contributed by atoms with Crippen LogP contribution in [0.3, 0.4) is 0 Å². The SMILES string of the molecule is CC(=O)N(N)C1=CC=CCN1. The molecule has 4 nitrogen and oxygen atoms in total. The van der Waals surface area contributed by atoms with Crippen LogP contribution in [0, 0.1) is 0 Å². The van der Waals surface area contributed by atoms with Gasteiger partial charge in [-0.15, -0.1) is 0 Å². The van der Waals surface area contributed by atoms with E-state index in [1.54, 1.807) is 6.08 Å². The number of rotatable bonds is 1. The van der Waals surface area contributed by atoms with Crippen LogP contribution in [0.5, 0.6) is 0 Å². The Balaban J connectivity index is 2.66. The molecule has 0 atom stereocenters. The smallest absolute Gasteiger partial charge is 0.239 e. The van der Waals surface area contributed by atoms with Gasteiger partial charge in [-0.2, -0.15) is 0 Å². The second-order valence-corrected chi connectivity index (χ2v) is 2.25. The van der Waals surface area contributed by atoms with Gasteiger partial charge >= 0.3 is 0 Å². The molecule has 0 saturated heterocycles. The fourth-order valence-corrected chi connectivity index (χ4v) is 0.785. The number of hydrogen-bond donors (Lipinski definition) is 2. The number of nitrogens with zero attached hydrogens (tertiary/aromatic N) is 1. The van der Waals surface area contributed by atoms with E-state index in [4.69, 9.17) is 5.84 Å². The topological polar surface area (TPSA) is 58.4 Å². The largest absolute Gasteiger partial charge is 0.367 e. The summed E-state index contributed by atoms with van der Waals surface area (Å²) >= 11 is 0. The lowest BCUT2D eigenvalue weighted by Crippen LogP contribution is -2.41. The Labute approximate surface area is 65.3 Å². The molecule has 0 aromatic rings. The summed E-state index contributed by atoms with van der Waals surface area (Å²) in [5.74, 6) is 5.87. The van der Waals surface area contributed by atoms with Gasteiger partial charge in [-0.3, -0.25) is 4.79 Å². The van der Waals surface area contributed by atoms with Crippen LogP contribution in [-0.4, -0.2) is 17.5 Å². The monoisotopic (exact) mass is 153 g/mol. The van der Waals surface area contributed by atoms with Crippen molar-refractivity contribution < 1.29 is 4.79 Å². The maximum Gasteiger partial charge on any atom is 0.239 e. The number of hydrazine groups is 1. The number of allylic oxidation sites excluding steroid dienone is 2. The molecule has 0 aromatic heterocycles. The molecule has 0 aliphatic carbocycles. The van der Waals surface area contributed by atoms with Crippen molar-refractivity contribution in [3.8, 4) is 0 Å². The van der Waals surface area contributed by atoms with Gasteiger partial charge in [-0.05, 0) is 6.08 Å². The summed E-state index contributed by atoms with van der Waals surface area (Å²) in [4.78, 5) is 10.7. The first-order valence-corrected chi connectivity index (χ1v) is 3.38. The minimum Gasteiger partial charge on any atom is -0.367 e. The molecule has 1 amide bonds. The fourth-order valence-electron chi connectivity index (χ4n) is 0.785. The van der Waals surface area contributed by atoms with Gasteiger partial charge in [0.05, 0.1) is 0 Å². The van der Waals surface area contributed by atoms with E-state index in [1.807, 2.05) is 12.2 Å². The van der Waals surface area contributed by atoms with Gasteiger partial charge in [0.25, 0.3) is 0 Å². The van der Waals surface area contributed by atoms with E-state index in [1.165, 1.54) is 6.92 Å². The quantitative estimate of drug-likeness (QED) is 0.309. The number of amides is 1. The van der Waals surface area contributed by atoms with Crippen LogP contribution in [0.15, 0.2) is 24.0 Å². The number of hydrogen-bond acceptors (Lipinski definition) is 3. The van der Waals surface area contributed by atoms with E-state index in [0.29, 0.717) is 12.4 Å². The van der Waals surface area contributed by atoms with Crippen LogP contribution in [0.4, 0.5) is 0 Å². The predicted molar refractivity (Wildman–Crippen MR) is 41.9 cm³/mol. The summed E-state index contributed by atoms with van der Waals surface area (Å²) in [5.41, 5.74) is 0. The van der Waals surface area contributed by atoms with Crippen LogP contribution < -0.4 is 11.2 Å². The van der Waals surface area contributed by atoms with Crippen molar-refractivity contribution in [3.05, 3.63) is 24.0 Å². The van der Waals surface area contributed by atoms with Crippen LogP contribution in [0.1, 0.15) is 6.92 Å². The van der Waals surface area contributed by atoms with E-state index < -0.39 is 0 Å². The average Bonchev–Trinajstić information content (AvgIpc) is 2.05. The molecule has 1 heterocycles. The molecule has 0 unspecified atom stereocenters. The first-order valence-electron chi connectivity index (χ1n) is 3.38. The number of dihydropyridines is 1. The van der Waals surface area contributed by atoms with Gasteiger partial charge in [0, 0.05) is 13.5 Å². The molecular formula is C7H11N3O. The molecule has 4 heteroatoms. The zero-order valence-corrected chi connectivity index (χ0v) is 6.37. The summed E-state index contributed by atoms with van der Waals surface area (Å²) in [6.45, 7) is 2.13. The highest BCUT2D eigenvalue weighted by Crippen LogP contribution is 1.98. The molecule has 0 radical (unpaired) electrons. The Morgan fingerprint density at radius 2 is 2.55 bits per heavy atom. The third-order valence-corrected chi connectivity index (χ3v) is 1.39. The molecule has 0 fully saturated rings. The summed E-state index contributed by atoms with van der Waals surface area (Å²) in [6, 6.07) is 0. The zero-order chi connectivity index (χ0) is 8.27. The summed E-state index contributed by atoms with van der Waals surface area (Å²) in [5, 5.41) is 4.04. The van der Waals surface area contributed by atoms with Crippen LogP contribution in [0.2, 0.25) is 0 Å². The first kappa shape index (κ1) is 7.81. The molecule has 1 aliphatic heterocycles. The maximum atomic E-state index is 10.7. The van der Waals surface area contributed by atoms with E-state index >= 15 is 0 Å². The number of nitrogens with one attached hydrogen (secondary N) is 1. The number of nitrogens with two attached hydrogens (primary N) is 1. The Bertz CT molecular complexity index is 220. The summed E-state index contributed by atoms with van der Waals surface area (Å²) < 4.78 is 0. The van der Waals surface area contributed by atoms with Crippen molar-refractivity contribution in [2.45, 2.75) is 6.92 Å². The fraction of sp³-hybridized carbons (Fsp3) is 0.286. The second kappa shape index (κ2) is 3.21. The highest BCUT2D eigenvalue weighted by molar-refractivity contribution is 5.74. The average molecular weight is 153 g/mol. The minimum atomic E-state index is -0.181. The van der Waals surface area contributed by atoms with Gasteiger partial charge in [0.2, 0.25) is 5.91 Å². The predicted octanol–water partition coefficient (Wildman–Crippen LogP) is -0.291. The molecule has 0 saturated carbocycles. The maximum absolute atomic E-state index is 10.7. The van der Waals surface area contributed by atoms with E-state index in [-0.39, 0.29) is 5.91 Å². The van der Waals surface area contributed by atoms with Crippen LogP contribution in [-0.2, 0) is 4.79 Å². The molecule has 3 N–H and O–H groups in total. The van der Waals surface area contributed by atoms with Crippen molar-refractivity contribution in [2.24, 2.45) is 5.84 Å². The van der Waals surface area contributed by atoms with Crippen molar-refractivity contribution in [3.63, 3.8) is 0 Å². The Morgan fingerprint density at radius 3 is 3.00 bits per heavy atom. The van der Waals surface area contributed by atoms with E-state index in [2.05, 4.69) is 5.32 Å². The third kappa shape index (κ3) is 1.81. The van der Waals surface area contributed by atoms with E-state index in [0.717, 1.165) is 5.01 Å². The highest BCUT2D eigenvalue weighted by atomic mass is 16.2. The van der Waals surface area contributed by atoms with Crippen molar-refractivity contribution in [1.29, 1.82) is 0 Å². The van der Waals surface area contributed by atoms with Gasteiger partial charge < -0.3 is 5.32 Å². The first-order chi connectivity index (χ1) is 5.22. The van der Waals surface area contributed by atoms with Crippen molar-refractivity contribution >= 4 is 5.91 Å². The summed E-state index contributed by atoms with van der Waals surface area (Å²) in [7, 11) is 0. The van der Waals surface area contributed by atoms with Crippen molar-refractivity contribution in [1.82, 2.24) is 10.3 Å². The molecule has 1 rings (SSSR count). The lowest BCUT2D eigenvalue weighted by Gasteiger charge is -2.20. The standard InChI is InChI=1S/C7H11N3O/c1-6(11)10(8)7-4-2-3-5-9-7/h2-4,9H,5,8H2,1H3. The van der Waals surface area contributed by atoms with Gasteiger partial charge in [-0.1, -0.05) is 12.2 Å². The minimum absolute atomic E-state index is 0.181. The van der Waals surface area contributed by atoms with Crippen molar-refractivity contribution in [2.75, 3.05) is 6.54 Å². The molecule has 0 spiro atoms. The van der Waals surface area contributed by atoms with Crippen LogP contribution in [0.25, 0.3) is 0 Å². The number of carbonyl (C=O) groups is 1. The van der Waals surface area contributed by atoms with Crippen LogP contribution >= 0.6 is 0 Å². The molecule has 11 heavy (non-hydrogen) atoms. The lowest BCUT2D eigenvalue weighted by atomic mass is 10.3. The normalized spacial score (nSPS) is 15.3. The zero-order valence-electron chi connectivity index (χ0n) is 6.37. The van der Waals surface area contributed by atoms with Gasteiger partial charge in [-0.25, -0.2) is 10.9 Å². The summed E-state index contributed by atoms with van der Waals surface area (Å²) in [6.07, 6.45) is 5.55. The second-order valence-electron chi connectivity index (χ2n) is 2.25. The molecule has 60 valence electrons. The van der Waals surface area contributed by atoms with E-state index in [9.17, 15) is 4.79 Å².